The summed E-state index contributed by atoms with van der Waals surface area (Å²) in [5.41, 5.74) is 3.11. The van der Waals surface area contributed by atoms with Crippen molar-refractivity contribution in [3.05, 3.63) is 83.9 Å². The molecule has 0 saturated heterocycles. The molecule has 0 spiro atoms. The maximum Gasteiger partial charge on any atom is 0.167 e. The fourth-order valence-electron chi connectivity index (χ4n) is 3.17. The average molecular weight is 292 g/mol. The van der Waals surface area contributed by atoms with Crippen LogP contribution in [0, 0.1) is 5.92 Å². The van der Waals surface area contributed by atoms with Crippen LogP contribution in [-0.2, 0) is 11.3 Å². The van der Waals surface area contributed by atoms with Gasteiger partial charge in [0.05, 0.1) is 6.61 Å². The molecule has 0 heterocycles. The van der Waals surface area contributed by atoms with Gasteiger partial charge in [-0.3, -0.25) is 4.79 Å². The fourth-order valence-corrected chi connectivity index (χ4v) is 3.17. The van der Waals surface area contributed by atoms with Gasteiger partial charge in [0.1, 0.15) is 0 Å². The number of Topliss-reactive ketones (excluding diaryl/α,β-unsaturated/α-hetero) is 1. The number of ketones is 1. The van der Waals surface area contributed by atoms with E-state index in [-0.39, 0.29) is 17.6 Å². The van der Waals surface area contributed by atoms with Gasteiger partial charge in [-0.05, 0) is 17.5 Å². The summed E-state index contributed by atoms with van der Waals surface area (Å²) in [6, 6.07) is 17.9. The number of carbonyl (C=O) groups excluding carboxylic acids is 1. The average Bonchev–Trinajstić information content (AvgIpc) is 2.85. The Balaban J connectivity index is 1.59. The second-order valence-electron chi connectivity index (χ2n) is 5.65. The third-order valence-corrected chi connectivity index (χ3v) is 4.29. The van der Waals surface area contributed by atoms with Crippen LogP contribution in [0.25, 0.3) is 0 Å². The van der Waals surface area contributed by atoms with Gasteiger partial charge in [0.2, 0.25) is 0 Å². The van der Waals surface area contributed by atoms with Gasteiger partial charge in [-0.2, -0.15) is 0 Å². The molecule has 0 radical (unpaired) electrons. The lowest BCUT2D eigenvalue weighted by molar-refractivity contribution is 0.0818. The van der Waals surface area contributed by atoms with E-state index < -0.39 is 0 Å². The normalized spacial score (nSPS) is 19.9. The van der Waals surface area contributed by atoms with Crippen LogP contribution in [0.15, 0.2) is 67.3 Å². The van der Waals surface area contributed by atoms with Gasteiger partial charge in [0.15, 0.2) is 5.78 Å². The highest BCUT2D eigenvalue weighted by Gasteiger charge is 2.37. The Morgan fingerprint density at radius 3 is 2.55 bits per heavy atom. The third-order valence-electron chi connectivity index (χ3n) is 4.29. The molecule has 0 amide bonds. The molecule has 0 N–H and O–H groups in total. The number of rotatable bonds is 6. The Labute approximate surface area is 131 Å². The van der Waals surface area contributed by atoms with Crippen molar-refractivity contribution < 1.29 is 9.53 Å². The van der Waals surface area contributed by atoms with E-state index in [0.29, 0.717) is 13.2 Å². The molecule has 2 atom stereocenters. The largest absolute Gasteiger partial charge is 0.377 e. The number of benzene rings is 2. The van der Waals surface area contributed by atoms with Crippen LogP contribution >= 0.6 is 0 Å². The Morgan fingerprint density at radius 2 is 1.77 bits per heavy atom. The molecular weight excluding hydrogens is 272 g/mol. The van der Waals surface area contributed by atoms with Gasteiger partial charge in [-0.15, -0.1) is 6.58 Å². The van der Waals surface area contributed by atoms with Gasteiger partial charge in [-0.25, -0.2) is 0 Å². The van der Waals surface area contributed by atoms with Crippen molar-refractivity contribution in [3.63, 3.8) is 0 Å². The molecule has 2 aromatic rings. The fraction of sp³-hybridized carbons (Fsp3) is 0.250. The highest BCUT2D eigenvalue weighted by molar-refractivity contribution is 6.03. The highest BCUT2D eigenvalue weighted by Crippen LogP contribution is 2.40. The quantitative estimate of drug-likeness (QED) is 0.583. The number of ether oxygens (including phenoxy) is 1. The van der Waals surface area contributed by atoms with Crippen molar-refractivity contribution in [1.29, 1.82) is 0 Å². The van der Waals surface area contributed by atoms with E-state index in [1.165, 1.54) is 0 Å². The van der Waals surface area contributed by atoms with Crippen LogP contribution in [0.3, 0.4) is 0 Å². The van der Waals surface area contributed by atoms with Crippen molar-refractivity contribution >= 4 is 5.78 Å². The van der Waals surface area contributed by atoms with Crippen molar-refractivity contribution in [1.82, 2.24) is 0 Å². The smallest absolute Gasteiger partial charge is 0.167 e. The first-order valence-electron chi connectivity index (χ1n) is 7.68. The molecule has 2 heteroatoms. The molecule has 0 aromatic heterocycles. The first kappa shape index (κ1) is 14.7. The molecule has 0 saturated carbocycles. The molecule has 0 bridgehead atoms. The standard InChI is InChI=1S/C20H20O2/c1-2-16-17-10-6-7-11-18(17)20(21)19(16)12-13-22-14-15-8-4-3-5-9-15/h2-11,16,19H,1,12-14H2/t16-,19+/m1/s1. The summed E-state index contributed by atoms with van der Waals surface area (Å²) in [5.74, 6) is 0.304. The van der Waals surface area contributed by atoms with Gasteiger partial charge >= 0.3 is 0 Å². The maximum atomic E-state index is 12.5. The van der Waals surface area contributed by atoms with Crippen molar-refractivity contribution in [2.75, 3.05) is 6.61 Å². The third kappa shape index (κ3) is 2.88. The molecule has 3 rings (SSSR count). The minimum absolute atomic E-state index is 0.0364. The highest BCUT2D eigenvalue weighted by atomic mass is 16.5. The molecule has 1 aliphatic carbocycles. The predicted molar refractivity (Wildman–Crippen MR) is 87.9 cm³/mol. The summed E-state index contributed by atoms with van der Waals surface area (Å²) in [5, 5.41) is 0. The number of hydrogen-bond donors (Lipinski definition) is 0. The van der Waals surface area contributed by atoms with E-state index >= 15 is 0 Å². The van der Waals surface area contributed by atoms with E-state index in [2.05, 4.69) is 6.58 Å². The molecule has 22 heavy (non-hydrogen) atoms. The van der Waals surface area contributed by atoms with Gasteiger partial charge in [-0.1, -0.05) is 60.7 Å². The summed E-state index contributed by atoms with van der Waals surface area (Å²) >= 11 is 0. The topological polar surface area (TPSA) is 26.3 Å². The zero-order valence-corrected chi connectivity index (χ0v) is 12.6. The lowest BCUT2D eigenvalue weighted by atomic mass is 9.90. The van der Waals surface area contributed by atoms with Crippen LogP contribution in [0.1, 0.15) is 33.8 Å². The molecule has 2 aromatic carbocycles. The van der Waals surface area contributed by atoms with E-state index in [1.54, 1.807) is 0 Å². The first-order chi connectivity index (χ1) is 10.8. The zero-order chi connectivity index (χ0) is 15.4. The predicted octanol–water partition coefficient (Wildman–Crippen LogP) is 4.38. The second kappa shape index (κ2) is 6.71. The van der Waals surface area contributed by atoms with Crippen LogP contribution in [0.2, 0.25) is 0 Å². The van der Waals surface area contributed by atoms with Gasteiger partial charge in [0, 0.05) is 24.0 Å². The molecule has 2 nitrogen and oxygen atoms in total. The summed E-state index contributed by atoms with van der Waals surface area (Å²) in [6.45, 7) is 5.09. The summed E-state index contributed by atoms with van der Waals surface area (Å²) in [7, 11) is 0. The number of allylic oxidation sites excluding steroid dienone is 1. The van der Waals surface area contributed by atoms with Crippen molar-refractivity contribution in [3.8, 4) is 0 Å². The van der Waals surface area contributed by atoms with Crippen LogP contribution in [0.4, 0.5) is 0 Å². The SMILES string of the molecule is C=C[C@@H]1c2ccccc2C(=O)[C@H]1CCOCc1ccccc1. The Bertz CT molecular complexity index is 660. The number of hydrogen-bond acceptors (Lipinski definition) is 2. The van der Waals surface area contributed by atoms with E-state index in [9.17, 15) is 4.79 Å². The van der Waals surface area contributed by atoms with E-state index in [1.807, 2.05) is 60.7 Å². The van der Waals surface area contributed by atoms with Crippen molar-refractivity contribution in [2.24, 2.45) is 5.92 Å². The summed E-state index contributed by atoms with van der Waals surface area (Å²) in [6.07, 6.45) is 2.63. The van der Waals surface area contributed by atoms with Gasteiger partial charge < -0.3 is 4.74 Å². The minimum atomic E-state index is -0.0364. The monoisotopic (exact) mass is 292 g/mol. The Morgan fingerprint density at radius 1 is 1.05 bits per heavy atom. The molecule has 112 valence electrons. The number of carbonyl (C=O) groups is 1. The summed E-state index contributed by atoms with van der Waals surface area (Å²) < 4.78 is 5.74. The van der Waals surface area contributed by atoms with Crippen LogP contribution in [-0.4, -0.2) is 12.4 Å². The maximum absolute atomic E-state index is 12.5. The van der Waals surface area contributed by atoms with E-state index in [0.717, 1.165) is 23.1 Å². The number of fused-ring (bicyclic) bond motifs is 1. The van der Waals surface area contributed by atoms with Crippen LogP contribution < -0.4 is 0 Å². The van der Waals surface area contributed by atoms with Crippen LogP contribution in [0.5, 0.6) is 0 Å². The minimum Gasteiger partial charge on any atom is -0.377 e. The molecular formula is C20H20O2. The summed E-state index contributed by atoms with van der Waals surface area (Å²) in [4.78, 5) is 12.5. The molecule has 0 aliphatic heterocycles. The van der Waals surface area contributed by atoms with Gasteiger partial charge in [0.25, 0.3) is 0 Å². The Hall–Kier alpha value is -2.19. The second-order valence-corrected chi connectivity index (χ2v) is 5.65. The van der Waals surface area contributed by atoms with E-state index in [4.69, 9.17) is 4.74 Å². The zero-order valence-electron chi connectivity index (χ0n) is 12.6. The Kier molecular flexibility index (Phi) is 4.50. The molecule has 0 unspecified atom stereocenters. The van der Waals surface area contributed by atoms with Crippen molar-refractivity contribution in [2.45, 2.75) is 18.9 Å². The first-order valence-corrected chi connectivity index (χ1v) is 7.68. The molecule has 0 fully saturated rings. The molecule has 1 aliphatic rings. The lowest BCUT2D eigenvalue weighted by Crippen LogP contribution is -2.15. The lowest BCUT2D eigenvalue weighted by Gasteiger charge is -2.15.